The fraction of sp³-hybridized carbons (Fsp3) is 0.158. The van der Waals surface area contributed by atoms with Crippen LogP contribution in [0, 0.1) is 0 Å². The number of phenols is 1. The lowest BCUT2D eigenvalue weighted by molar-refractivity contribution is 0.474. The first-order valence-corrected chi connectivity index (χ1v) is 8.94. The topological polar surface area (TPSA) is 74.6 Å². The quantitative estimate of drug-likeness (QED) is 0.702. The highest BCUT2D eigenvalue weighted by Crippen LogP contribution is 2.38. The van der Waals surface area contributed by atoms with Crippen LogP contribution in [0.3, 0.4) is 0 Å². The lowest BCUT2D eigenvalue weighted by Gasteiger charge is -2.28. The maximum Gasteiger partial charge on any atom is 0.295 e. The second-order valence-corrected chi connectivity index (χ2v) is 7.69. The number of rotatable bonds is 3. The predicted octanol–water partition coefficient (Wildman–Crippen LogP) is 4.12. The maximum atomic E-state index is 11.6. The minimum absolute atomic E-state index is 0.0941. The summed E-state index contributed by atoms with van der Waals surface area (Å²) in [6.07, 6.45) is 0. The summed E-state index contributed by atoms with van der Waals surface area (Å²) < 4.78 is 32.8. The Labute approximate surface area is 141 Å². The van der Waals surface area contributed by atoms with Crippen molar-refractivity contribution in [2.75, 3.05) is 0 Å². The molecule has 24 heavy (non-hydrogen) atoms. The number of fused-ring (bicyclic) bond motifs is 1. The largest absolute Gasteiger partial charge is 0.508 e. The second kappa shape index (κ2) is 5.61. The Morgan fingerprint density at radius 3 is 2.00 bits per heavy atom. The van der Waals surface area contributed by atoms with Gasteiger partial charge in [-0.25, -0.2) is 0 Å². The Morgan fingerprint density at radius 2 is 1.42 bits per heavy atom. The van der Waals surface area contributed by atoms with Crippen LogP contribution in [0.25, 0.3) is 10.8 Å². The zero-order chi connectivity index (χ0) is 17.5. The Kier molecular flexibility index (Phi) is 3.86. The number of hydrogen-bond donors (Lipinski definition) is 2. The first kappa shape index (κ1) is 16.5. The standard InChI is InChI=1S/C19H18O4S/c1-19(2,13-7-9-14(20)10-8-13)17-11-12-18(24(21,22)23)16-6-4-3-5-15(16)17/h3-12,20H,1-2H3,(H,21,22,23). The molecule has 0 aromatic heterocycles. The molecule has 0 aliphatic rings. The average Bonchev–Trinajstić information content (AvgIpc) is 2.53. The lowest BCUT2D eigenvalue weighted by atomic mass is 9.76. The number of aromatic hydroxyl groups is 1. The second-order valence-electron chi connectivity index (χ2n) is 6.30. The summed E-state index contributed by atoms with van der Waals surface area (Å²) in [5.74, 6) is 0.195. The summed E-state index contributed by atoms with van der Waals surface area (Å²) in [7, 11) is -4.29. The van der Waals surface area contributed by atoms with Crippen molar-refractivity contribution >= 4 is 20.9 Å². The summed E-state index contributed by atoms with van der Waals surface area (Å²) >= 11 is 0. The van der Waals surface area contributed by atoms with Gasteiger partial charge >= 0.3 is 0 Å². The van der Waals surface area contributed by atoms with Crippen molar-refractivity contribution in [3.63, 3.8) is 0 Å². The summed E-state index contributed by atoms with van der Waals surface area (Å²) in [6, 6.07) is 17.3. The third-order valence-corrected chi connectivity index (χ3v) is 5.34. The highest BCUT2D eigenvalue weighted by Gasteiger charge is 2.27. The van der Waals surface area contributed by atoms with Gasteiger partial charge in [0, 0.05) is 10.8 Å². The number of hydrogen-bond acceptors (Lipinski definition) is 3. The third kappa shape index (κ3) is 2.77. The van der Waals surface area contributed by atoms with Crippen LogP contribution in [0.4, 0.5) is 0 Å². The predicted molar refractivity (Wildman–Crippen MR) is 94.0 cm³/mol. The Balaban J connectivity index is 2.29. The van der Waals surface area contributed by atoms with E-state index >= 15 is 0 Å². The molecule has 124 valence electrons. The number of phenolic OH excluding ortho intramolecular Hbond substituents is 1. The third-order valence-electron chi connectivity index (χ3n) is 4.42. The molecule has 0 saturated carbocycles. The van der Waals surface area contributed by atoms with Crippen LogP contribution < -0.4 is 0 Å². The molecule has 0 bridgehead atoms. The van der Waals surface area contributed by atoms with E-state index in [9.17, 15) is 18.1 Å². The summed E-state index contributed by atoms with van der Waals surface area (Å²) in [4.78, 5) is -0.0941. The average molecular weight is 342 g/mol. The molecule has 3 aromatic rings. The summed E-state index contributed by atoms with van der Waals surface area (Å²) in [5.41, 5.74) is 1.52. The molecule has 0 atom stereocenters. The van der Waals surface area contributed by atoms with Crippen molar-refractivity contribution in [2.24, 2.45) is 0 Å². The molecule has 0 spiro atoms. The molecule has 0 fully saturated rings. The zero-order valence-electron chi connectivity index (χ0n) is 13.4. The molecule has 0 heterocycles. The van der Waals surface area contributed by atoms with E-state index in [1.165, 1.54) is 6.07 Å². The smallest absolute Gasteiger partial charge is 0.295 e. The number of benzene rings is 3. The molecule has 0 amide bonds. The summed E-state index contributed by atoms with van der Waals surface area (Å²) in [5, 5.41) is 10.8. The first-order valence-electron chi connectivity index (χ1n) is 7.50. The Hall–Kier alpha value is -2.37. The molecular formula is C19H18O4S. The molecule has 3 rings (SSSR count). The van der Waals surface area contributed by atoms with Gasteiger partial charge in [0.2, 0.25) is 0 Å². The highest BCUT2D eigenvalue weighted by atomic mass is 32.2. The fourth-order valence-corrected chi connectivity index (χ4v) is 3.77. The first-order chi connectivity index (χ1) is 11.2. The van der Waals surface area contributed by atoms with Crippen LogP contribution in [0.5, 0.6) is 5.75 Å². The van der Waals surface area contributed by atoms with Crippen molar-refractivity contribution in [1.29, 1.82) is 0 Å². The van der Waals surface area contributed by atoms with Crippen molar-refractivity contribution in [3.05, 3.63) is 71.8 Å². The van der Waals surface area contributed by atoms with Gasteiger partial charge in [0.25, 0.3) is 10.1 Å². The Bertz CT molecular complexity index is 1000. The van der Waals surface area contributed by atoms with E-state index in [1.54, 1.807) is 30.3 Å². The fourth-order valence-electron chi connectivity index (χ4n) is 3.07. The lowest BCUT2D eigenvalue weighted by Crippen LogP contribution is -2.19. The van der Waals surface area contributed by atoms with Gasteiger partial charge in [-0.2, -0.15) is 8.42 Å². The molecule has 0 aliphatic heterocycles. The minimum atomic E-state index is -4.29. The van der Waals surface area contributed by atoms with Gasteiger partial charge in [0.1, 0.15) is 10.6 Å². The van der Waals surface area contributed by atoms with Crippen LogP contribution in [0.2, 0.25) is 0 Å². The molecule has 0 unspecified atom stereocenters. The van der Waals surface area contributed by atoms with Gasteiger partial charge in [0.15, 0.2) is 0 Å². The van der Waals surface area contributed by atoms with Crippen LogP contribution in [-0.2, 0) is 15.5 Å². The van der Waals surface area contributed by atoms with Crippen LogP contribution in [0.15, 0.2) is 65.6 Å². The van der Waals surface area contributed by atoms with Gasteiger partial charge in [-0.15, -0.1) is 0 Å². The maximum absolute atomic E-state index is 11.6. The molecule has 4 nitrogen and oxygen atoms in total. The molecule has 2 N–H and O–H groups in total. The van der Waals surface area contributed by atoms with E-state index in [0.29, 0.717) is 5.39 Å². The SMILES string of the molecule is CC(C)(c1ccc(O)cc1)c1ccc(S(=O)(=O)O)c2ccccc12. The van der Waals surface area contributed by atoms with E-state index < -0.39 is 15.5 Å². The van der Waals surface area contributed by atoms with Crippen molar-refractivity contribution in [2.45, 2.75) is 24.2 Å². The molecule has 0 saturated heterocycles. The monoisotopic (exact) mass is 342 g/mol. The normalized spacial score (nSPS) is 12.5. The van der Waals surface area contributed by atoms with Gasteiger partial charge < -0.3 is 5.11 Å². The van der Waals surface area contributed by atoms with Crippen LogP contribution >= 0.6 is 0 Å². The van der Waals surface area contributed by atoms with Crippen molar-refractivity contribution in [3.8, 4) is 5.75 Å². The Morgan fingerprint density at radius 1 is 0.833 bits per heavy atom. The van der Waals surface area contributed by atoms with Crippen LogP contribution in [0.1, 0.15) is 25.0 Å². The van der Waals surface area contributed by atoms with E-state index in [1.807, 2.05) is 38.1 Å². The van der Waals surface area contributed by atoms with Gasteiger partial charge in [-0.05, 0) is 34.7 Å². The van der Waals surface area contributed by atoms with Gasteiger partial charge in [-0.3, -0.25) is 4.55 Å². The van der Waals surface area contributed by atoms with E-state index in [-0.39, 0.29) is 10.6 Å². The van der Waals surface area contributed by atoms with E-state index in [4.69, 9.17) is 0 Å². The highest BCUT2D eigenvalue weighted by molar-refractivity contribution is 7.86. The van der Waals surface area contributed by atoms with Crippen molar-refractivity contribution in [1.82, 2.24) is 0 Å². The zero-order valence-corrected chi connectivity index (χ0v) is 14.2. The van der Waals surface area contributed by atoms with Crippen molar-refractivity contribution < 1.29 is 18.1 Å². The molecule has 5 heteroatoms. The molecule has 0 aliphatic carbocycles. The van der Waals surface area contributed by atoms with E-state index in [0.717, 1.165) is 16.5 Å². The summed E-state index contributed by atoms with van der Waals surface area (Å²) in [6.45, 7) is 4.07. The van der Waals surface area contributed by atoms with Crippen LogP contribution in [-0.4, -0.2) is 18.1 Å². The minimum Gasteiger partial charge on any atom is -0.508 e. The van der Waals surface area contributed by atoms with Gasteiger partial charge in [-0.1, -0.05) is 56.3 Å². The molecular weight excluding hydrogens is 324 g/mol. The molecule has 0 radical (unpaired) electrons. The molecule has 3 aromatic carbocycles. The van der Waals surface area contributed by atoms with Gasteiger partial charge in [0.05, 0.1) is 0 Å². The van der Waals surface area contributed by atoms with E-state index in [2.05, 4.69) is 0 Å².